The number of aromatic nitrogens is 4. The maximum Gasteiger partial charge on any atom is 0.228 e. The van der Waals surface area contributed by atoms with Crippen LogP contribution in [0.3, 0.4) is 0 Å². The van der Waals surface area contributed by atoms with Crippen LogP contribution < -0.4 is 0 Å². The number of hydrogen-bond acceptors (Lipinski definition) is 3. The highest BCUT2D eigenvalue weighted by molar-refractivity contribution is 6.06. The fraction of sp³-hybridized carbons (Fsp3) is 0.364. The lowest BCUT2D eigenvalue weighted by atomic mass is 10.2. The van der Waals surface area contributed by atoms with E-state index in [9.17, 15) is 4.79 Å². The normalized spacial score (nSPS) is 10.7. The van der Waals surface area contributed by atoms with E-state index in [1.165, 1.54) is 0 Å². The standard InChI is InChI=1S/C11H14N4O/c1-4-8-7-10(15(3)13-8)11(16)9-5-6-12-14(9)2/h5-7H,4H2,1-3H3. The highest BCUT2D eigenvalue weighted by Crippen LogP contribution is 2.10. The van der Waals surface area contributed by atoms with Crippen LogP contribution in [0, 0.1) is 0 Å². The number of hydrogen-bond donors (Lipinski definition) is 0. The summed E-state index contributed by atoms with van der Waals surface area (Å²) in [5.74, 6) is -0.0466. The Balaban J connectivity index is 2.41. The average Bonchev–Trinajstić information content (AvgIpc) is 2.83. The predicted molar refractivity (Wildman–Crippen MR) is 59.2 cm³/mol. The summed E-state index contributed by atoms with van der Waals surface area (Å²) >= 11 is 0. The molecule has 0 unspecified atom stereocenters. The highest BCUT2D eigenvalue weighted by atomic mass is 16.1. The van der Waals surface area contributed by atoms with E-state index in [0.717, 1.165) is 12.1 Å². The Morgan fingerprint density at radius 3 is 2.56 bits per heavy atom. The summed E-state index contributed by atoms with van der Waals surface area (Å²) in [6, 6.07) is 3.54. The van der Waals surface area contributed by atoms with Crippen LogP contribution in [0.4, 0.5) is 0 Å². The first-order valence-corrected chi connectivity index (χ1v) is 5.19. The Labute approximate surface area is 93.7 Å². The Morgan fingerprint density at radius 1 is 1.31 bits per heavy atom. The smallest absolute Gasteiger partial charge is 0.228 e. The van der Waals surface area contributed by atoms with Gasteiger partial charge in [0.2, 0.25) is 5.78 Å². The van der Waals surface area contributed by atoms with Gasteiger partial charge in [-0.15, -0.1) is 0 Å². The van der Waals surface area contributed by atoms with Crippen molar-refractivity contribution in [2.45, 2.75) is 13.3 Å². The van der Waals surface area contributed by atoms with E-state index in [-0.39, 0.29) is 5.78 Å². The second-order valence-electron chi connectivity index (χ2n) is 3.67. The maximum atomic E-state index is 12.2. The number of aryl methyl sites for hydroxylation is 3. The summed E-state index contributed by atoms with van der Waals surface area (Å²) in [5, 5.41) is 8.24. The molecule has 0 atom stereocenters. The maximum absolute atomic E-state index is 12.2. The third-order valence-corrected chi connectivity index (χ3v) is 2.58. The first-order valence-electron chi connectivity index (χ1n) is 5.19. The van der Waals surface area contributed by atoms with Crippen molar-refractivity contribution in [3.05, 3.63) is 35.4 Å². The summed E-state index contributed by atoms with van der Waals surface area (Å²) in [4.78, 5) is 12.2. The SMILES string of the molecule is CCc1cc(C(=O)c2ccnn2C)n(C)n1. The van der Waals surface area contributed by atoms with Crippen LogP contribution in [0.15, 0.2) is 18.3 Å². The van der Waals surface area contributed by atoms with Gasteiger partial charge in [-0.25, -0.2) is 0 Å². The third-order valence-electron chi connectivity index (χ3n) is 2.58. The fourth-order valence-corrected chi connectivity index (χ4v) is 1.64. The minimum atomic E-state index is -0.0466. The van der Waals surface area contributed by atoms with E-state index < -0.39 is 0 Å². The minimum Gasteiger partial charge on any atom is -0.285 e. The number of ketones is 1. The molecule has 0 saturated carbocycles. The first-order chi connectivity index (χ1) is 7.63. The zero-order valence-electron chi connectivity index (χ0n) is 9.64. The van der Waals surface area contributed by atoms with Gasteiger partial charge in [0, 0.05) is 20.3 Å². The van der Waals surface area contributed by atoms with Gasteiger partial charge < -0.3 is 0 Å². The van der Waals surface area contributed by atoms with E-state index in [1.807, 2.05) is 13.0 Å². The Hall–Kier alpha value is -1.91. The van der Waals surface area contributed by atoms with Gasteiger partial charge in [-0.2, -0.15) is 10.2 Å². The molecule has 0 spiro atoms. The van der Waals surface area contributed by atoms with Crippen LogP contribution >= 0.6 is 0 Å². The van der Waals surface area contributed by atoms with Crippen LogP contribution in [0.1, 0.15) is 28.8 Å². The predicted octanol–water partition coefficient (Wildman–Crippen LogP) is 0.947. The molecular formula is C11H14N4O. The number of carbonyl (C=O) groups excluding carboxylic acids is 1. The summed E-state index contributed by atoms with van der Waals surface area (Å²) in [7, 11) is 3.53. The molecule has 2 aromatic rings. The quantitative estimate of drug-likeness (QED) is 0.721. The molecule has 0 amide bonds. The van der Waals surface area contributed by atoms with Crippen molar-refractivity contribution in [2.75, 3.05) is 0 Å². The Morgan fingerprint density at radius 2 is 2.06 bits per heavy atom. The van der Waals surface area contributed by atoms with Gasteiger partial charge in [0.15, 0.2) is 0 Å². The molecule has 0 aliphatic carbocycles. The van der Waals surface area contributed by atoms with Crippen LogP contribution in [-0.2, 0) is 20.5 Å². The second-order valence-corrected chi connectivity index (χ2v) is 3.67. The number of carbonyl (C=O) groups is 1. The average molecular weight is 218 g/mol. The zero-order valence-corrected chi connectivity index (χ0v) is 9.64. The van der Waals surface area contributed by atoms with Gasteiger partial charge in [0.25, 0.3) is 0 Å². The van der Waals surface area contributed by atoms with Gasteiger partial charge >= 0.3 is 0 Å². The van der Waals surface area contributed by atoms with Crippen molar-refractivity contribution in [1.29, 1.82) is 0 Å². The van der Waals surface area contributed by atoms with Crippen molar-refractivity contribution < 1.29 is 4.79 Å². The van der Waals surface area contributed by atoms with Crippen molar-refractivity contribution in [2.24, 2.45) is 14.1 Å². The molecule has 0 fully saturated rings. The van der Waals surface area contributed by atoms with E-state index in [4.69, 9.17) is 0 Å². The molecular weight excluding hydrogens is 204 g/mol. The second kappa shape index (κ2) is 3.92. The van der Waals surface area contributed by atoms with Crippen LogP contribution in [0.5, 0.6) is 0 Å². The molecule has 0 aliphatic heterocycles. The lowest BCUT2D eigenvalue weighted by Gasteiger charge is -2.00. The molecule has 0 bridgehead atoms. The van der Waals surface area contributed by atoms with E-state index in [2.05, 4.69) is 10.2 Å². The molecule has 5 nitrogen and oxygen atoms in total. The molecule has 0 radical (unpaired) electrons. The first kappa shape index (κ1) is 10.6. The van der Waals surface area contributed by atoms with Crippen LogP contribution in [0.2, 0.25) is 0 Å². The van der Waals surface area contributed by atoms with Crippen molar-refractivity contribution in [1.82, 2.24) is 19.6 Å². The van der Waals surface area contributed by atoms with E-state index in [1.54, 1.807) is 35.7 Å². The Bertz CT molecular complexity index is 524. The zero-order chi connectivity index (χ0) is 11.7. The molecule has 84 valence electrons. The summed E-state index contributed by atoms with van der Waals surface area (Å²) in [6.45, 7) is 2.01. The minimum absolute atomic E-state index is 0.0466. The lowest BCUT2D eigenvalue weighted by molar-refractivity contribution is 0.102. The molecule has 0 aliphatic rings. The number of nitrogens with zero attached hydrogens (tertiary/aromatic N) is 4. The van der Waals surface area contributed by atoms with Crippen molar-refractivity contribution in [3.63, 3.8) is 0 Å². The largest absolute Gasteiger partial charge is 0.285 e. The lowest BCUT2D eigenvalue weighted by Crippen LogP contribution is -2.12. The molecule has 2 rings (SSSR count). The van der Waals surface area contributed by atoms with Crippen molar-refractivity contribution >= 4 is 5.78 Å². The monoisotopic (exact) mass is 218 g/mol. The molecule has 5 heteroatoms. The summed E-state index contributed by atoms with van der Waals surface area (Å²) in [6.07, 6.45) is 2.44. The number of rotatable bonds is 3. The van der Waals surface area contributed by atoms with Gasteiger partial charge in [-0.1, -0.05) is 6.92 Å². The van der Waals surface area contributed by atoms with Gasteiger partial charge in [0.1, 0.15) is 11.4 Å². The fourth-order valence-electron chi connectivity index (χ4n) is 1.64. The molecule has 0 N–H and O–H groups in total. The molecule has 16 heavy (non-hydrogen) atoms. The van der Waals surface area contributed by atoms with Gasteiger partial charge in [0.05, 0.1) is 5.69 Å². The summed E-state index contributed by atoms with van der Waals surface area (Å²) < 4.78 is 3.19. The summed E-state index contributed by atoms with van der Waals surface area (Å²) in [5.41, 5.74) is 2.10. The topological polar surface area (TPSA) is 52.7 Å². The third kappa shape index (κ3) is 1.64. The van der Waals surface area contributed by atoms with E-state index in [0.29, 0.717) is 11.4 Å². The molecule has 2 heterocycles. The van der Waals surface area contributed by atoms with Crippen LogP contribution in [0.25, 0.3) is 0 Å². The van der Waals surface area contributed by atoms with E-state index >= 15 is 0 Å². The van der Waals surface area contributed by atoms with Gasteiger partial charge in [-0.3, -0.25) is 14.2 Å². The van der Waals surface area contributed by atoms with Gasteiger partial charge in [-0.05, 0) is 18.6 Å². The molecule has 0 aromatic carbocycles. The Kier molecular flexibility index (Phi) is 2.60. The van der Waals surface area contributed by atoms with Crippen LogP contribution in [-0.4, -0.2) is 25.3 Å². The highest BCUT2D eigenvalue weighted by Gasteiger charge is 2.17. The molecule has 2 aromatic heterocycles. The van der Waals surface area contributed by atoms with Crippen molar-refractivity contribution in [3.8, 4) is 0 Å². The molecule has 0 saturated heterocycles.